The molecule has 0 atom stereocenters. The van der Waals surface area contributed by atoms with Crippen LogP contribution in [0.4, 0.5) is 5.69 Å². The third-order valence-corrected chi connectivity index (χ3v) is 4.20. The molecular weight excluding hydrogens is 314 g/mol. The molecule has 1 aromatic rings. The fraction of sp³-hybridized carbons (Fsp3) is 0.500. The van der Waals surface area contributed by atoms with Crippen LogP contribution in [0, 0.1) is 6.92 Å². The Kier molecular flexibility index (Phi) is 6.19. The highest BCUT2D eigenvalue weighted by Crippen LogP contribution is 2.27. The zero-order valence-electron chi connectivity index (χ0n) is 12.6. The topological polar surface area (TPSA) is 72.5 Å². The number of carbonyl (C=O) groups is 1. The number of hydrogen-bond acceptors (Lipinski definition) is 4. The molecule has 0 saturated heterocycles. The van der Waals surface area contributed by atoms with Gasteiger partial charge in [-0.15, -0.1) is 0 Å². The Labute approximate surface area is 130 Å². The molecule has 0 unspecified atom stereocenters. The van der Waals surface area contributed by atoms with Crippen LogP contribution < -0.4 is 5.32 Å². The number of rotatable bonds is 6. The second-order valence-corrected chi connectivity index (χ2v) is 7.54. The maximum Gasteiger partial charge on any atom is 0.261 e. The molecule has 7 heteroatoms. The van der Waals surface area contributed by atoms with Crippen molar-refractivity contribution < 1.29 is 17.9 Å². The van der Waals surface area contributed by atoms with Gasteiger partial charge in [0.25, 0.3) is 9.05 Å². The molecule has 0 saturated carbocycles. The first kappa shape index (κ1) is 17.9. The molecule has 1 aromatic carbocycles. The van der Waals surface area contributed by atoms with Crippen molar-refractivity contribution in [3.63, 3.8) is 0 Å². The van der Waals surface area contributed by atoms with Crippen molar-refractivity contribution in [2.24, 2.45) is 0 Å². The molecule has 118 valence electrons. The van der Waals surface area contributed by atoms with Gasteiger partial charge >= 0.3 is 0 Å². The fourth-order valence-corrected chi connectivity index (χ4v) is 2.71. The first-order chi connectivity index (χ1) is 9.65. The van der Waals surface area contributed by atoms with Gasteiger partial charge in [-0.05, 0) is 50.5 Å². The number of anilines is 1. The maximum absolute atomic E-state index is 11.8. The van der Waals surface area contributed by atoms with Crippen LogP contribution in [-0.2, 0) is 25.0 Å². The van der Waals surface area contributed by atoms with E-state index in [1.165, 1.54) is 12.1 Å². The second-order valence-electron chi connectivity index (χ2n) is 4.97. The molecule has 0 aromatic heterocycles. The lowest BCUT2D eigenvalue weighted by Gasteiger charge is -2.15. The normalized spacial score (nSPS) is 11.7. The summed E-state index contributed by atoms with van der Waals surface area (Å²) in [6.45, 7) is 7.24. The summed E-state index contributed by atoms with van der Waals surface area (Å²) in [6, 6.07) is 2.93. The van der Waals surface area contributed by atoms with Crippen molar-refractivity contribution >= 4 is 31.3 Å². The van der Waals surface area contributed by atoms with Gasteiger partial charge in [-0.3, -0.25) is 4.79 Å². The van der Waals surface area contributed by atoms with E-state index in [0.29, 0.717) is 23.2 Å². The SMILES string of the molecule is CCc1cc(S(=O)(=O)Cl)cc(C)c1NC(=O)COC(C)C. The molecule has 1 amide bonds. The van der Waals surface area contributed by atoms with E-state index >= 15 is 0 Å². The highest BCUT2D eigenvalue weighted by molar-refractivity contribution is 8.13. The lowest BCUT2D eigenvalue weighted by molar-refractivity contribution is -0.121. The number of carbonyl (C=O) groups excluding carboxylic acids is 1. The number of nitrogens with one attached hydrogen (secondary N) is 1. The molecule has 0 spiro atoms. The van der Waals surface area contributed by atoms with Gasteiger partial charge in [0, 0.05) is 16.4 Å². The van der Waals surface area contributed by atoms with Gasteiger partial charge in [0.1, 0.15) is 6.61 Å². The van der Waals surface area contributed by atoms with Gasteiger partial charge < -0.3 is 10.1 Å². The van der Waals surface area contributed by atoms with E-state index in [4.69, 9.17) is 15.4 Å². The minimum absolute atomic E-state index is 0.0359. The zero-order valence-corrected chi connectivity index (χ0v) is 14.1. The van der Waals surface area contributed by atoms with Gasteiger partial charge in [-0.1, -0.05) is 6.92 Å². The minimum atomic E-state index is -3.79. The predicted octanol–water partition coefficient (Wildman–Crippen LogP) is 2.85. The average Bonchev–Trinajstić information content (AvgIpc) is 2.37. The summed E-state index contributed by atoms with van der Waals surface area (Å²) in [7, 11) is 1.58. The lowest BCUT2D eigenvalue weighted by atomic mass is 10.1. The third kappa shape index (κ3) is 5.30. The summed E-state index contributed by atoms with van der Waals surface area (Å²) < 4.78 is 28.1. The van der Waals surface area contributed by atoms with E-state index < -0.39 is 9.05 Å². The molecule has 0 aliphatic rings. The molecule has 5 nitrogen and oxygen atoms in total. The molecule has 1 rings (SSSR count). The molecule has 0 radical (unpaired) electrons. The van der Waals surface area contributed by atoms with Gasteiger partial charge in [-0.2, -0.15) is 0 Å². The van der Waals surface area contributed by atoms with Gasteiger partial charge in [-0.25, -0.2) is 8.42 Å². The van der Waals surface area contributed by atoms with Crippen molar-refractivity contribution in [2.75, 3.05) is 11.9 Å². The van der Waals surface area contributed by atoms with E-state index in [2.05, 4.69) is 5.32 Å². The van der Waals surface area contributed by atoms with Crippen LogP contribution in [-0.4, -0.2) is 27.0 Å². The number of aryl methyl sites for hydroxylation is 2. The molecular formula is C14H20ClNO4S. The Morgan fingerprint density at radius 3 is 2.48 bits per heavy atom. The molecule has 1 N–H and O–H groups in total. The van der Waals surface area contributed by atoms with Crippen LogP contribution in [0.15, 0.2) is 17.0 Å². The predicted molar refractivity (Wildman–Crippen MR) is 83.3 cm³/mol. The van der Waals surface area contributed by atoms with Crippen LogP contribution in [0.2, 0.25) is 0 Å². The molecule has 0 aliphatic carbocycles. The van der Waals surface area contributed by atoms with Crippen molar-refractivity contribution in [1.82, 2.24) is 0 Å². The summed E-state index contributed by atoms with van der Waals surface area (Å²) in [6.07, 6.45) is 0.535. The number of halogens is 1. The van der Waals surface area contributed by atoms with Crippen molar-refractivity contribution in [3.8, 4) is 0 Å². The van der Waals surface area contributed by atoms with Crippen molar-refractivity contribution in [3.05, 3.63) is 23.3 Å². The Morgan fingerprint density at radius 1 is 1.38 bits per heavy atom. The van der Waals surface area contributed by atoms with Crippen molar-refractivity contribution in [1.29, 1.82) is 0 Å². The van der Waals surface area contributed by atoms with Gasteiger partial charge in [0.05, 0.1) is 11.0 Å². The standard InChI is InChI=1S/C14H20ClNO4S/c1-5-11-7-12(21(15,18)19)6-10(4)14(11)16-13(17)8-20-9(2)3/h6-7,9H,5,8H2,1-4H3,(H,16,17). The Bertz CT molecular complexity index is 626. The quantitative estimate of drug-likeness (QED) is 0.812. The number of amides is 1. The first-order valence-corrected chi connectivity index (χ1v) is 8.95. The smallest absolute Gasteiger partial charge is 0.261 e. The number of hydrogen-bond donors (Lipinski definition) is 1. The minimum Gasteiger partial charge on any atom is -0.369 e. The van der Waals surface area contributed by atoms with Crippen LogP contribution in [0.1, 0.15) is 31.9 Å². The van der Waals surface area contributed by atoms with E-state index in [-0.39, 0.29) is 23.5 Å². The average molecular weight is 334 g/mol. The number of ether oxygens (including phenoxy) is 1. The van der Waals surface area contributed by atoms with E-state index in [9.17, 15) is 13.2 Å². The monoisotopic (exact) mass is 333 g/mol. The highest BCUT2D eigenvalue weighted by atomic mass is 35.7. The first-order valence-electron chi connectivity index (χ1n) is 6.64. The maximum atomic E-state index is 11.8. The fourth-order valence-electron chi connectivity index (χ4n) is 1.84. The molecule has 0 heterocycles. The number of benzene rings is 1. The summed E-state index contributed by atoms with van der Waals surface area (Å²) >= 11 is 0. The molecule has 21 heavy (non-hydrogen) atoms. The zero-order chi connectivity index (χ0) is 16.2. The largest absolute Gasteiger partial charge is 0.369 e. The van der Waals surface area contributed by atoms with Crippen LogP contribution >= 0.6 is 10.7 Å². The highest BCUT2D eigenvalue weighted by Gasteiger charge is 2.16. The van der Waals surface area contributed by atoms with Crippen LogP contribution in [0.25, 0.3) is 0 Å². The Hall–Kier alpha value is -1.11. The summed E-state index contributed by atoms with van der Waals surface area (Å²) in [5.74, 6) is -0.275. The molecule has 0 fully saturated rings. The third-order valence-electron chi connectivity index (χ3n) is 2.87. The lowest BCUT2D eigenvalue weighted by Crippen LogP contribution is -2.22. The van der Waals surface area contributed by atoms with E-state index in [1.807, 2.05) is 20.8 Å². The second kappa shape index (κ2) is 7.24. The van der Waals surface area contributed by atoms with Crippen molar-refractivity contribution in [2.45, 2.75) is 45.1 Å². The Morgan fingerprint density at radius 2 is 2.00 bits per heavy atom. The Balaban J connectivity index is 3.05. The summed E-state index contributed by atoms with van der Waals surface area (Å²) in [5, 5.41) is 2.76. The van der Waals surface area contributed by atoms with E-state index in [1.54, 1.807) is 6.92 Å². The van der Waals surface area contributed by atoms with Gasteiger partial charge in [0.15, 0.2) is 0 Å². The van der Waals surface area contributed by atoms with Gasteiger partial charge in [0.2, 0.25) is 5.91 Å². The molecule has 0 bridgehead atoms. The molecule has 0 aliphatic heterocycles. The van der Waals surface area contributed by atoms with E-state index in [0.717, 1.165) is 0 Å². The van der Waals surface area contributed by atoms with Crippen LogP contribution in [0.3, 0.4) is 0 Å². The summed E-state index contributed by atoms with van der Waals surface area (Å²) in [5.41, 5.74) is 1.97. The summed E-state index contributed by atoms with van der Waals surface area (Å²) in [4.78, 5) is 11.9. The van der Waals surface area contributed by atoms with Crippen LogP contribution in [0.5, 0.6) is 0 Å².